The molecule has 1 atom stereocenters. The summed E-state index contributed by atoms with van der Waals surface area (Å²) < 4.78 is 0. The molecule has 1 aromatic carbocycles. The van der Waals surface area contributed by atoms with Crippen LogP contribution in [0.3, 0.4) is 0 Å². The minimum atomic E-state index is -0.563. The van der Waals surface area contributed by atoms with E-state index in [1.165, 1.54) is 0 Å². The maximum atomic E-state index is 9.98. The van der Waals surface area contributed by atoms with Crippen molar-refractivity contribution in [2.75, 3.05) is 6.54 Å². The van der Waals surface area contributed by atoms with E-state index in [9.17, 15) is 5.11 Å². The normalized spacial score (nSPS) is 12.3. The van der Waals surface area contributed by atoms with Crippen LogP contribution in [0.2, 0.25) is 5.02 Å². The maximum absolute atomic E-state index is 9.98. The van der Waals surface area contributed by atoms with E-state index < -0.39 is 6.10 Å². The molecule has 0 aliphatic carbocycles. The van der Waals surface area contributed by atoms with Crippen molar-refractivity contribution in [2.24, 2.45) is 0 Å². The molecule has 1 heterocycles. The summed E-state index contributed by atoms with van der Waals surface area (Å²) in [5.74, 6) is 0. The van der Waals surface area contributed by atoms with Gasteiger partial charge in [-0.2, -0.15) is 0 Å². The SMILES string of the molecule is OC(CNCc1ccccn1)c1cccc(Cl)c1. The van der Waals surface area contributed by atoms with Gasteiger partial charge in [-0.25, -0.2) is 0 Å². The molecule has 18 heavy (non-hydrogen) atoms. The Bertz CT molecular complexity index is 490. The molecule has 94 valence electrons. The predicted molar refractivity (Wildman–Crippen MR) is 72.4 cm³/mol. The zero-order chi connectivity index (χ0) is 12.8. The van der Waals surface area contributed by atoms with Gasteiger partial charge in [-0.15, -0.1) is 0 Å². The predicted octanol–water partition coefficient (Wildman–Crippen LogP) is 2.56. The smallest absolute Gasteiger partial charge is 0.0915 e. The third kappa shape index (κ3) is 3.81. The Morgan fingerprint density at radius 2 is 2.11 bits per heavy atom. The highest BCUT2D eigenvalue weighted by atomic mass is 35.5. The molecule has 4 heteroatoms. The van der Waals surface area contributed by atoms with Crippen molar-refractivity contribution >= 4 is 11.6 Å². The summed E-state index contributed by atoms with van der Waals surface area (Å²) in [6.45, 7) is 1.11. The first kappa shape index (κ1) is 13.0. The van der Waals surface area contributed by atoms with Crippen LogP contribution in [0.1, 0.15) is 17.4 Å². The lowest BCUT2D eigenvalue weighted by molar-refractivity contribution is 0.174. The summed E-state index contributed by atoms with van der Waals surface area (Å²) in [7, 11) is 0. The van der Waals surface area contributed by atoms with Gasteiger partial charge in [0.25, 0.3) is 0 Å². The first-order chi connectivity index (χ1) is 8.75. The Morgan fingerprint density at radius 1 is 1.22 bits per heavy atom. The number of aromatic nitrogens is 1. The Kier molecular flexibility index (Phi) is 4.70. The first-order valence-electron chi connectivity index (χ1n) is 5.80. The highest BCUT2D eigenvalue weighted by Crippen LogP contribution is 2.17. The Hall–Kier alpha value is -1.42. The summed E-state index contributed by atoms with van der Waals surface area (Å²) in [6, 6.07) is 13.0. The van der Waals surface area contributed by atoms with Crippen molar-refractivity contribution in [1.82, 2.24) is 10.3 Å². The average molecular weight is 263 g/mol. The van der Waals surface area contributed by atoms with Crippen molar-refractivity contribution in [3.8, 4) is 0 Å². The lowest BCUT2D eigenvalue weighted by Crippen LogP contribution is -2.21. The Balaban J connectivity index is 1.83. The van der Waals surface area contributed by atoms with E-state index in [1.54, 1.807) is 18.3 Å². The molecule has 2 N–H and O–H groups in total. The largest absolute Gasteiger partial charge is 0.387 e. The van der Waals surface area contributed by atoms with E-state index in [0.29, 0.717) is 18.1 Å². The minimum Gasteiger partial charge on any atom is -0.387 e. The zero-order valence-corrected chi connectivity index (χ0v) is 10.6. The number of aliphatic hydroxyl groups is 1. The number of halogens is 1. The number of hydrogen-bond acceptors (Lipinski definition) is 3. The molecular weight excluding hydrogens is 248 g/mol. The summed E-state index contributed by atoms with van der Waals surface area (Å²) in [6.07, 6.45) is 1.19. The molecule has 0 amide bonds. The van der Waals surface area contributed by atoms with E-state index >= 15 is 0 Å². The Labute approximate surface area is 111 Å². The van der Waals surface area contributed by atoms with Gasteiger partial charge in [0, 0.05) is 24.3 Å². The number of nitrogens with zero attached hydrogens (tertiary/aromatic N) is 1. The lowest BCUT2D eigenvalue weighted by atomic mass is 10.1. The zero-order valence-electron chi connectivity index (χ0n) is 9.88. The molecule has 0 bridgehead atoms. The standard InChI is InChI=1S/C14H15ClN2O/c15-12-5-3-4-11(8-12)14(18)10-16-9-13-6-1-2-7-17-13/h1-8,14,16,18H,9-10H2. The molecule has 0 spiro atoms. The van der Waals surface area contributed by atoms with Gasteiger partial charge < -0.3 is 10.4 Å². The van der Waals surface area contributed by atoms with E-state index in [-0.39, 0.29) is 0 Å². The number of hydrogen-bond donors (Lipinski definition) is 2. The van der Waals surface area contributed by atoms with Crippen LogP contribution in [-0.4, -0.2) is 16.6 Å². The quantitative estimate of drug-likeness (QED) is 0.871. The third-order valence-corrected chi connectivity index (χ3v) is 2.84. The van der Waals surface area contributed by atoms with Crippen LogP contribution < -0.4 is 5.32 Å². The summed E-state index contributed by atoms with van der Waals surface area (Å²) in [5.41, 5.74) is 1.77. The molecular formula is C14H15ClN2O. The van der Waals surface area contributed by atoms with Gasteiger partial charge in [-0.05, 0) is 29.8 Å². The molecule has 1 unspecified atom stereocenters. The van der Waals surface area contributed by atoms with Crippen molar-refractivity contribution in [1.29, 1.82) is 0 Å². The van der Waals surface area contributed by atoms with Gasteiger partial charge in [0.1, 0.15) is 0 Å². The van der Waals surface area contributed by atoms with Crippen LogP contribution in [0.4, 0.5) is 0 Å². The molecule has 0 saturated heterocycles. The van der Waals surface area contributed by atoms with Gasteiger partial charge >= 0.3 is 0 Å². The number of rotatable bonds is 5. The summed E-state index contributed by atoms with van der Waals surface area (Å²) >= 11 is 5.88. The highest BCUT2D eigenvalue weighted by Gasteiger charge is 2.07. The number of pyridine rings is 1. The third-order valence-electron chi connectivity index (χ3n) is 2.60. The fourth-order valence-corrected chi connectivity index (χ4v) is 1.87. The van der Waals surface area contributed by atoms with Crippen molar-refractivity contribution in [2.45, 2.75) is 12.6 Å². The van der Waals surface area contributed by atoms with Gasteiger partial charge in [-0.1, -0.05) is 29.8 Å². The van der Waals surface area contributed by atoms with Crippen LogP contribution in [0.25, 0.3) is 0 Å². The molecule has 3 nitrogen and oxygen atoms in total. The fourth-order valence-electron chi connectivity index (χ4n) is 1.67. The number of aliphatic hydroxyl groups excluding tert-OH is 1. The van der Waals surface area contributed by atoms with Gasteiger partial charge in [-0.3, -0.25) is 4.98 Å². The van der Waals surface area contributed by atoms with Crippen LogP contribution in [0, 0.1) is 0 Å². The topological polar surface area (TPSA) is 45.1 Å². The molecule has 0 saturated carbocycles. The van der Waals surface area contributed by atoms with Gasteiger partial charge in [0.05, 0.1) is 11.8 Å². The van der Waals surface area contributed by atoms with Crippen molar-refractivity contribution < 1.29 is 5.11 Å². The first-order valence-corrected chi connectivity index (χ1v) is 6.17. The van der Waals surface area contributed by atoms with Crippen LogP contribution in [-0.2, 0) is 6.54 Å². The fraction of sp³-hybridized carbons (Fsp3) is 0.214. The van der Waals surface area contributed by atoms with E-state index in [4.69, 9.17) is 11.6 Å². The van der Waals surface area contributed by atoms with Crippen LogP contribution in [0.5, 0.6) is 0 Å². The highest BCUT2D eigenvalue weighted by molar-refractivity contribution is 6.30. The molecule has 2 rings (SSSR count). The van der Waals surface area contributed by atoms with Gasteiger partial charge in [0.2, 0.25) is 0 Å². The second-order valence-electron chi connectivity index (χ2n) is 4.02. The molecule has 2 aromatic rings. The molecule has 0 aliphatic rings. The minimum absolute atomic E-state index is 0.469. The molecule has 1 aromatic heterocycles. The molecule has 0 fully saturated rings. The van der Waals surface area contributed by atoms with E-state index in [2.05, 4.69) is 10.3 Å². The summed E-state index contributed by atoms with van der Waals surface area (Å²) in [4.78, 5) is 4.20. The molecule has 0 radical (unpaired) electrons. The maximum Gasteiger partial charge on any atom is 0.0915 e. The van der Waals surface area contributed by atoms with Crippen LogP contribution >= 0.6 is 11.6 Å². The lowest BCUT2D eigenvalue weighted by Gasteiger charge is -2.12. The average Bonchev–Trinajstić information content (AvgIpc) is 2.40. The van der Waals surface area contributed by atoms with Crippen molar-refractivity contribution in [3.05, 3.63) is 64.9 Å². The second kappa shape index (κ2) is 6.50. The molecule has 0 aliphatic heterocycles. The number of benzene rings is 1. The summed E-state index contributed by atoms with van der Waals surface area (Å²) in [5, 5.41) is 13.8. The van der Waals surface area contributed by atoms with E-state index in [1.807, 2.05) is 30.3 Å². The Morgan fingerprint density at radius 3 is 2.83 bits per heavy atom. The van der Waals surface area contributed by atoms with Crippen LogP contribution in [0.15, 0.2) is 48.7 Å². The van der Waals surface area contributed by atoms with Crippen molar-refractivity contribution in [3.63, 3.8) is 0 Å². The van der Waals surface area contributed by atoms with E-state index in [0.717, 1.165) is 11.3 Å². The monoisotopic (exact) mass is 262 g/mol. The second-order valence-corrected chi connectivity index (χ2v) is 4.46. The number of nitrogens with one attached hydrogen (secondary N) is 1. The van der Waals surface area contributed by atoms with Gasteiger partial charge in [0.15, 0.2) is 0 Å².